The van der Waals surface area contributed by atoms with Crippen LogP contribution >= 0.6 is 11.3 Å². The van der Waals surface area contributed by atoms with E-state index in [2.05, 4.69) is 13.8 Å². The normalized spacial score (nSPS) is 10.9. The summed E-state index contributed by atoms with van der Waals surface area (Å²) in [7, 11) is 0. The fraction of sp³-hybridized carbons (Fsp3) is 0.462. The van der Waals surface area contributed by atoms with Gasteiger partial charge in [-0.15, -0.1) is 11.3 Å². The van der Waals surface area contributed by atoms with Crippen molar-refractivity contribution in [1.82, 2.24) is 4.90 Å². The highest BCUT2D eigenvalue weighted by Gasteiger charge is 2.07. The van der Waals surface area contributed by atoms with Crippen LogP contribution in [0, 0.1) is 0 Å². The maximum atomic E-state index is 11.9. The molecule has 0 saturated heterocycles. The third-order valence-corrected chi connectivity index (χ3v) is 3.07. The van der Waals surface area contributed by atoms with Crippen LogP contribution in [0.25, 0.3) is 6.08 Å². The number of amides is 1. The van der Waals surface area contributed by atoms with Gasteiger partial charge in [-0.25, -0.2) is 0 Å². The van der Waals surface area contributed by atoms with Crippen molar-refractivity contribution in [3.8, 4) is 0 Å². The highest BCUT2D eigenvalue weighted by atomic mass is 32.1. The zero-order chi connectivity index (χ0) is 11.8. The monoisotopic (exact) mass is 237 g/mol. The summed E-state index contributed by atoms with van der Waals surface area (Å²) in [5, 5.41) is 2.01. The molecule has 1 amide bonds. The minimum absolute atomic E-state index is 0.122. The Kier molecular flexibility index (Phi) is 5.86. The van der Waals surface area contributed by atoms with E-state index in [9.17, 15) is 4.79 Å². The van der Waals surface area contributed by atoms with E-state index in [1.807, 2.05) is 28.5 Å². The van der Waals surface area contributed by atoms with E-state index >= 15 is 0 Å². The van der Waals surface area contributed by atoms with Gasteiger partial charge in [0.2, 0.25) is 5.91 Å². The van der Waals surface area contributed by atoms with Gasteiger partial charge in [0.25, 0.3) is 0 Å². The Morgan fingerprint density at radius 2 is 2.06 bits per heavy atom. The van der Waals surface area contributed by atoms with Crippen molar-refractivity contribution in [3.05, 3.63) is 28.5 Å². The first kappa shape index (κ1) is 13.0. The van der Waals surface area contributed by atoms with Gasteiger partial charge in [0.15, 0.2) is 0 Å². The van der Waals surface area contributed by atoms with Crippen LogP contribution in [0.4, 0.5) is 0 Å². The third-order valence-electron chi connectivity index (χ3n) is 2.23. The van der Waals surface area contributed by atoms with Crippen LogP contribution in [0.3, 0.4) is 0 Å². The molecule has 1 heterocycles. The first-order valence-corrected chi connectivity index (χ1v) is 6.66. The van der Waals surface area contributed by atoms with Crippen LogP contribution in [0.15, 0.2) is 23.6 Å². The number of carbonyl (C=O) groups excluding carboxylic acids is 1. The summed E-state index contributed by atoms with van der Waals surface area (Å²) in [5.41, 5.74) is 0. The van der Waals surface area contributed by atoms with Crippen LogP contribution in [-0.4, -0.2) is 23.9 Å². The Morgan fingerprint density at radius 3 is 2.56 bits per heavy atom. The molecule has 1 aromatic heterocycles. The van der Waals surface area contributed by atoms with Crippen LogP contribution < -0.4 is 0 Å². The molecule has 0 N–H and O–H groups in total. The van der Waals surface area contributed by atoms with E-state index in [1.54, 1.807) is 17.4 Å². The van der Waals surface area contributed by atoms with Gasteiger partial charge >= 0.3 is 0 Å². The number of nitrogens with zero attached hydrogens (tertiary/aromatic N) is 1. The average Bonchev–Trinajstić information content (AvgIpc) is 2.78. The molecule has 2 nitrogen and oxygen atoms in total. The Balaban J connectivity index is 2.54. The number of carbonyl (C=O) groups is 1. The third kappa shape index (κ3) is 4.19. The van der Waals surface area contributed by atoms with E-state index in [0.717, 1.165) is 30.8 Å². The topological polar surface area (TPSA) is 20.3 Å². The molecule has 0 spiro atoms. The van der Waals surface area contributed by atoms with Crippen molar-refractivity contribution >= 4 is 23.3 Å². The predicted molar refractivity (Wildman–Crippen MR) is 70.5 cm³/mol. The van der Waals surface area contributed by atoms with E-state index in [1.165, 1.54) is 0 Å². The molecule has 0 bridgehead atoms. The molecule has 3 heteroatoms. The summed E-state index contributed by atoms with van der Waals surface area (Å²) >= 11 is 1.65. The molecule has 0 unspecified atom stereocenters. The molecule has 0 aliphatic rings. The van der Waals surface area contributed by atoms with Crippen LogP contribution in [0.5, 0.6) is 0 Å². The first-order valence-electron chi connectivity index (χ1n) is 5.78. The molecule has 0 radical (unpaired) electrons. The number of thiophene rings is 1. The minimum atomic E-state index is 0.122. The maximum absolute atomic E-state index is 11.9. The van der Waals surface area contributed by atoms with Gasteiger partial charge in [-0.1, -0.05) is 19.9 Å². The summed E-state index contributed by atoms with van der Waals surface area (Å²) in [6.45, 7) is 5.89. The molecule has 0 saturated carbocycles. The standard InChI is InChI=1S/C13H19NOS/c1-3-9-14(10-4-2)13(15)8-7-12-6-5-11-16-12/h5-8,11H,3-4,9-10H2,1-2H3/b8-7+. The van der Waals surface area contributed by atoms with Gasteiger partial charge in [0, 0.05) is 24.0 Å². The summed E-state index contributed by atoms with van der Waals surface area (Å²) in [5.74, 6) is 0.122. The molecule has 0 aromatic carbocycles. The van der Waals surface area contributed by atoms with Gasteiger partial charge in [-0.3, -0.25) is 4.79 Å². The summed E-state index contributed by atoms with van der Waals surface area (Å²) in [6.07, 6.45) is 5.60. The average molecular weight is 237 g/mol. The van der Waals surface area contributed by atoms with E-state index in [4.69, 9.17) is 0 Å². The van der Waals surface area contributed by atoms with Crippen molar-refractivity contribution in [1.29, 1.82) is 0 Å². The van der Waals surface area contributed by atoms with E-state index in [-0.39, 0.29) is 5.91 Å². The lowest BCUT2D eigenvalue weighted by molar-refractivity contribution is -0.126. The van der Waals surface area contributed by atoms with Crippen molar-refractivity contribution in [3.63, 3.8) is 0 Å². The van der Waals surface area contributed by atoms with Crippen LogP contribution in [0.1, 0.15) is 31.6 Å². The molecule has 1 aromatic rings. The predicted octanol–water partition coefficient (Wildman–Crippen LogP) is 3.41. The number of hydrogen-bond donors (Lipinski definition) is 0. The van der Waals surface area contributed by atoms with Gasteiger partial charge in [0.1, 0.15) is 0 Å². The molecule has 1 rings (SSSR count). The molecular formula is C13H19NOS. The SMILES string of the molecule is CCCN(CCC)C(=O)/C=C/c1cccs1. The van der Waals surface area contributed by atoms with Crippen molar-refractivity contribution < 1.29 is 4.79 Å². The molecule has 0 atom stereocenters. The van der Waals surface area contributed by atoms with E-state index < -0.39 is 0 Å². The zero-order valence-corrected chi connectivity index (χ0v) is 10.8. The number of hydrogen-bond acceptors (Lipinski definition) is 2. The zero-order valence-electron chi connectivity index (χ0n) is 9.98. The summed E-state index contributed by atoms with van der Waals surface area (Å²) < 4.78 is 0. The fourth-order valence-corrected chi connectivity index (χ4v) is 2.13. The van der Waals surface area contributed by atoms with Crippen LogP contribution in [0.2, 0.25) is 0 Å². The molecule has 0 aliphatic carbocycles. The van der Waals surface area contributed by atoms with Crippen molar-refractivity contribution in [2.24, 2.45) is 0 Å². The Hall–Kier alpha value is -1.09. The molecule has 0 fully saturated rings. The minimum Gasteiger partial charge on any atom is -0.339 e. The smallest absolute Gasteiger partial charge is 0.246 e. The molecule has 0 aliphatic heterocycles. The highest BCUT2D eigenvalue weighted by Crippen LogP contribution is 2.10. The lowest BCUT2D eigenvalue weighted by atomic mass is 10.3. The summed E-state index contributed by atoms with van der Waals surface area (Å²) in [4.78, 5) is 14.9. The van der Waals surface area contributed by atoms with Crippen molar-refractivity contribution in [2.75, 3.05) is 13.1 Å². The van der Waals surface area contributed by atoms with Gasteiger partial charge in [0.05, 0.1) is 0 Å². The molecular weight excluding hydrogens is 218 g/mol. The fourth-order valence-electron chi connectivity index (χ4n) is 1.52. The second-order valence-corrected chi connectivity index (χ2v) is 4.65. The second-order valence-electron chi connectivity index (χ2n) is 3.67. The van der Waals surface area contributed by atoms with Gasteiger partial charge in [-0.2, -0.15) is 0 Å². The van der Waals surface area contributed by atoms with Gasteiger partial charge < -0.3 is 4.90 Å². The van der Waals surface area contributed by atoms with Crippen LogP contribution in [-0.2, 0) is 4.79 Å². The lowest BCUT2D eigenvalue weighted by Crippen LogP contribution is -2.30. The highest BCUT2D eigenvalue weighted by molar-refractivity contribution is 7.10. The lowest BCUT2D eigenvalue weighted by Gasteiger charge is -2.19. The quantitative estimate of drug-likeness (QED) is 0.694. The second kappa shape index (κ2) is 7.23. The first-order chi connectivity index (χ1) is 7.77. The Labute approximate surface area is 102 Å². The Morgan fingerprint density at radius 1 is 1.38 bits per heavy atom. The maximum Gasteiger partial charge on any atom is 0.246 e. The van der Waals surface area contributed by atoms with E-state index in [0.29, 0.717) is 0 Å². The number of rotatable bonds is 6. The Bertz CT molecular complexity index is 324. The molecule has 88 valence electrons. The van der Waals surface area contributed by atoms with Gasteiger partial charge in [-0.05, 0) is 30.4 Å². The largest absolute Gasteiger partial charge is 0.339 e. The summed E-state index contributed by atoms with van der Waals surface area (Å²) in [6, 6.07) is 4.00. The molecule has 16 heavy (non-hydrogen) atoms. The van der Waals surface area contributed by atoms with Crippen molar-refractivity contribution in [2.45, 2.75) is 26.7 Å².